The Labute approximate surface area is 385 Å². The summed E-state index contributed by atoms with van der Waals surface area (Å²) in [6.45, 7) is 8.00. The standard InChI is InChI=1S/C54H38F6N2O2S2/c1-31-5-17-37(18-6-31)61(38-19-7-32(2)8-20-38)41-25-13-35(14-26-41)45-29-43-47(48(51(63)53(55,56)57)52(64)54(58,59)60)44-30-46(66-50(44)49(43)65-45)36-15-27-42(28-16-36)62(39-21-9-33(3)10-22-39)40-23-11-34(4)12-24-40/h5-30H,1-4H3. The van der Waals surface area contributed by atoms with E-state index in [9.17, 15) is 35.9 Å². The molecule has 0 aliphatic heterocycles. The lowest BCUT2D eigenvalue weighted by molar-refractivity contribution is -0.175. The minimum absolute atomic E-state index is 0.0415. The van der Waals surface area contributed by atoms with E-state index in [1.807, 2.05) is 173 Å². The second-order valence-electron chi connectivity index (χ2n) is 16.2. The van der Waals surface area contributed by atoms with Gasteiger partial charge in [0.15, 0.2) is 0 Å². The van der Waals surface area contributed by atoms with Crippen molar-refractivity contribution < 1.29 is 35.9 Å². The van der Waals surface area contributed by atoms with E-state index in [-0.39, 0.29) is 11.1 Å². The predicted octanol–water partition coefficient (Wildman–Crippen LogP) is 16.4. The summed E-state index contributed by atoms with van der Waals surface area (Å²) in [4.78, 5) is 32.0. The smallest absolute Gasteiger partial charge is 0.311 e. The summed E-state index contributed by atoms with van der Waals surface area (Å²) in [5.74, 6) is -5.71. The molecule has 0 saturated carbocycles. The first-order valence-electron chi connectivity index (χ1n) is 20.8. The summed E-state index contributed by atoms with van der Waals surface area (Å²) in [6.07, 6.45) is -11.5. The average molecular weight is 925 g/mol. The van der Waals surface area contributed by atoms with Gasteiger partial charge in [0.25, 0.3) is 11.6 Å². The molecule has 0 spiro atoms. The van der Waals surface area contributed by atoms with Crippen molar-refractivity contribution in [1.82, 2.24) is 0 Å². The van der Waals surface area contributed by atoms with Gasteiger partial charge in [0.1, 0.15) is 0 Å². The maximum atomic E-state index is 14.3. The van der Waals surface area contributed by atoms with Crippen LogP contribution >= 0.6 is 22.7 Å². The molecule has 0 bridgehead atoms. The predicted molar refractivity (Wildman–Crippen MR) is 255 cm³/mol. The van der Waals surface area contributed by atoms with Crippen molar-refractivity contribution in [3.8, 4) is 30.6 Å². The molecule has 1 aliphatic rings. The van der Waals surface area contributed by atoms with Crippen LogP contribution in [0.25, 0.3) is 36.2 Å². The van der Waals surface area contributed by atoms with Crippen molar-refractivity contribution >= 4 is 73.9 Å². The van der Waals surface area contributed by atoms with Crippen LogP contribution in [0, 0.1) is 27.7 Å². The molecule has 330 valence electrons. The maximum absolute atomic E-state index is 14.3. The number of fused-ring (bicyclic) bond motifs is 3. The number of benzene rings is 6. The molecule has 4 nitrogen and oxygen atoms in total. The minimum Gasteiger partial charge on any atom is -0.311 e. The van der Waals surface area contributed by atoms with Crippen LogP contribution in [-0.4, -0.2) is 23.9 Å². The SMILES string of the molecule is Cc1ccc(N(c2ccc(C)cc2)c2ccc(-c3cc4c(s3)-c3sc(-c5ccc(N(c6ccc(C)cc6)c6ccc(C)cc6)cc5)cc3C4=C(C(=O)C(F)(F)F)C(=O)C(F)(F)F)cc2)cc1. The summed E-state index contributed by atoms with van der Waals surface area (Å²) in [6, 6.07) is 50.0. The molecular formula is C54H38F6N2O2S2. The fourth-order valence-corrected chi connectivity index (χ4v) is 10.5. The number of halogens is 6. The number of rotatable bonds is 10. The number of nitrogens with zero attached hydrogens (tertiary/aromatic N) is 2. The lowest BCUT2D eigenvalue weighted by atomic mass is 9.92. The van der Waals surface area contributed by atoms with Crippen LogP contribution in [0.3, 0.4) is 0 Å². The van der Waals surface area contributed by atoms with Crippen molar-refractivity contribution in [1.29, 1.82) is 0 Å². The number of ketones is 2. The number of alkyl halides is 6. The molecule has 8 aromatic rings. The Kier molecular flexibility index (Phi) is 11.4. The highest BCUT2D eigenvalue weighted by Gasteiger charge is 2.53. The van der Waals surface area contributed by atoms with Crippen molar-refractivity contribution in [3.63, 3.8) is 0 Å². The van der Waals surface area contributed by atoms with Gasteiger partial charge in [-0.3, -0.25) is 9.59 Å². The lowest BCUT2D eigenvalue weighted by Crippen LogP contribution is -2.35. The van der Waals surface area contributed by atoms with E-state index in [0.717, 1.165) is 56.4 Å². The van der Waals surface area contributed by atoms with Gasteiger partial charge in [-0.05, 0) is 124 Å². The van der Waals surface area contributed by atoms with E-state index in [4.69, 9.17) is 0 Å². The Morgan fingerprint density at radius 3 is 0.879 bits per heavy atom. The fourth-order valence-electron chi connectivity index (χ4n) is 8.02. The molecule has 1 aliphatic carbocycles. The number of aryl methyl sites for hydroxylation is 4. The molecular weight excluding hydrogens is 887 g/mol. The number of Topliss-reactive ketones (excluding diaryl/α,β-unsaturated/α-hetero) is 2. The Hall–Kier alpha value is -7.02. The number of anilines is 6. The van der Waals surface area contributed by atoms with Gasteiger partial charge in [0, 0.05) is 60.6 Å². The van der Waals surface area contributed by atoms with E-state index in [2.05, 4.69) is 9.80 Å². The van der Waals surface area contributed by atoms with Crippen LogP contribution in [0.5, 0.6) is 0 Å². The molecule has 2 aromatic heterocycles. The number of hydrogen-bond acceptors (Lipinski definition) is 6. The van der Waals surface area contributed by atoms with Crippen molar-refractivity contribution in [3.05, 3.63) is 197 Å². The maximum Gasteiger partial charge on any atom is 0.455 e. The summed E-state index contributed by atoms with van der Waals surface area (Å²) in [5, 5.41) is 0. The third kappa shape index (κ3) is 8.50. The van der Waals surface area contributed by atoms with Gasteiger partial charge in [-0.25, -0.2) is 0 Å². The van der Waals surface area contributed by atoms with Crippen LogP contribution in [0.15, 0.2) is 163 Å². The molecule has 12 heteroatoms. The van der Waals surface area contributed by atoms with Gasteiger partial charge in [0.05, 0.1) is 15.3 Å². The van der Waals surface area contributed by atoms with Gasteiger partial charge in [0.2, 0.25) is 0 Å². The molecule has 66 heavy (non-hydrogen) atoms. The second-order valence-corrected chi connectivity index (χ2v) is 18.3. The Morgan fingerprint density at radius 1 is 0.394 bits per heavy atom. The minimum atomic E-state index is -5.77. The molecule has 9 rings (SSSR count). The zero-order valence-electron chi connectivity index (χ0n) is 35.8. The number of allylic oxidation sites excluding steroid dienone is 1. The van der Waals surface area contributed by atoms with Crippen molar-refractivity contribution in [2.45, 2.75) is 40.0 Å². The summed E-state index contributed by atoms with van der Waals surface area (Å²) in [5.41, 5.74) is 8.16. The van der Waals surface area contributed by atoms with Crippen molar-refractivity contribution in [2.75, 3.05) is 9.80 Å². The van der Waals surface area contributed by atoms with E-state index < -0.39 is 35.1 Å². The molecule has 2 heterocycles. The van der Waals surface area contributed by atoms with Gasteiger partial charge in [-0.2, -0.15) is 26.3 Å². The quantitative estimate of drug-likeness (QED) is 0.0593. The largest absolute Gasteiger partial charge is 0.455 e. The van der Waals surface area contributed by atoms with Gasteiger partial charge in [-0.15, -0.1) is 22.7 Å². The van der Waals surface area contributed by atoms with E-state index >= 15 is 0 Å². The highest BCUT2D eigenvalue weighted by atomic mass is 32.1. The molecule has 0 unspecified atom stereocenters. The molecule has 0 saturated heterocycles. The van der Waals surface area contributed by atoms with E-state index in [0.29, 0.717) is 30.6 Å². The monoisotopic (exact) mass is 924 g/mol. The number of carbonyl (C=O) groups is 2. The van der Waals surface area contributed by atoms with Crippen LogP contribution in [-0.2, 0) is 9.59 Å². The Bertz CT molecular complexity index is 2840. The first-order valence-corrected chi connectivity index (χ1v) is 22.4. The van der Waals surface area contributed by atoms with E-state index in [1.165, 1.54) is 34.8 Å². The molecule has 0 amide bonds. The zero-order chi connectivity index (χ0) is 46.7. The molecule has 0 fully saturated rings. The highest BCUT2D eigenvalue weighted by molar-refractivity contribution is 7.26. The van der Waals surface area contributed by atoms with Crippen LogP contribution in [0.2, 0.25) is 0 Å². The zero-order valence-corrected chi connectivity index (χ0v) is 37.4. The number of hydrogen-bond donors (Lipinski definition) is 0. The fraction of sp³-hybridized carbons (Fsp3) is 0.111. The average Bonchev–Trinajstić information content (AvgIpc) is 3.99. The lowest BCUT2D eigenvalue weighted by Gasteiger charge is -2.26. The van der Waals surface area contributed by atoms with Gasteiger partial charge < -0.3 is 9.80 Å². The van der Waals surface area contributed by atoms with E-state index in [1.54, 1.807) is 0 Å². The Morgan fingerprint density at radius 2 is 0.636 bits per heavy atom. The highest BCUT2D eigenvalue weighted by Crippen LogP contribution is 2.57. The molecule has 0 atom stereocenters. The summed E-state index contributed by atoms with van der Waals surface area (Å²) in [7, 11) is 0. The first-order chi connectivity index (χ1) is 31.4. The molecule has 0 radical (unpaired) electrons. The summed E-state index contributed by atoms with van der Waals surface area (Å²) < 4.78 is 85.6. The van der Waals surface area contributed by atoms with Gasteiger partial charge in [-0.1, -0.05) is 95.1 Å². The van der Waals surface area contributed by atoms with Gasteiger partial charge >= 0.3 is 12.4 Å². The Balaban J connectivity index is 1.15. The summed E-state index contributed by atoms with van der Waals surface area (Å²) >= 11 is 2.34. The molecule has 6 aromatic carbocycles. The number of thiophene rings is 2. The normalized spacial score (nSPS) is 12.2. The van der Waals surface area contributed by atoms with Crippen LogP contribution in [0.4, 0.5) is 60.5 Å². The van der Waals surface area contributed by atoms with Crippen LogP contribution < -0.4 is 9.80 Å². The first kappa shape index (κ1) is 44.2. The second kappa shape index (κ2) is 17.1. The third-order valence-corrected chi connectivity index (χ3v) is 13.9. The topological polar surface area (TPSA) is 40.6 Å². The molecule has 0 N–H and O–H groups in total. The van der Waals surface area contributed by atoms with Crippen molar-refractivity contribution in [2.24, 2.45) is 0 Å². The number of carbonyl (C=O) groups excluding carboxylic acids is 2. The third-order valence-electron chi connectivity index (χ3n) is 11.4. The van der Waals surface area contributed by atoms with Crippen LogP contribution in [0.1, 0.15) is 33.4 Å².